The van der Waals surface area contributed by atoms with Crippen LogP contribution in [-0.4, -0.2) is 25.5 Å². The van der Waals surface area contributed by atoms with Gasteiger partial charge in [0.15, 0.2) is 11.5 Å². The van der Waals surface area contributed by atoms with Crippen LogP contribution in [0.15, 0.2) is 36.4 Å². The van der Waals surface area contributed by atoms with Crippen LogP contribution >= 0.6 is 23.2 Å². The third kappa shape index (κ3) is 4.55. The van der Waals surface area contributed by atoms with Crippen LogP contribution in [0.4, 0.5) is 9.59 Å². The lowest BCUT2D eigenvalue weighted by Crippen LogP contribution is -2.13. The number of rotatable bonds is 6. The molecule has 0 aliphatic carbocycles. The maximum Gasteiger partial charge on any atom is 0.513 e. The van der Waals surface area contributed by atoms with Crippen molar-refractivity contribution < 1.29 is 28.5 Å². The molecular weight excluding hydrogens is 431 g/mol. The lowest BCUT2D eigenvalue weighted by atomic mass is 10.0. The van der Waals surface area contributed by atoms with Crippen molar-refractivity contribution in [3.05, 3.63) is 46.4 Å². The Bertz CT molecular complexity index is 1010. The largest absolute Gasteiger partial charge is 0.513 e. The molecule has 0 saturated carbocycles. The lowest BCUT2D eigenvalue weighted by molar-refractivity contribution is 0.0984. The van der Waals surface area contributed by atoms with Crippen LogP contribution in [0.3, 0.4) is 0 Å². The van der Waals surface area contributed by atoms with Gasteiger partial charge >= 0.3 is 12.3 Å². The molecule has 0 fully saturated rings. The molecule has 0 N–H and O–H groups in total. The van der Waals surface area contributed by atoms with Crippen molar-refractivity contribution in [2.45, 2.75) is 26.7 Å². The van der Waals surface area contributed by atoms with Gasteiger partial charge < -0.3 is 18.9 Å². The van der Waals surface area contributed by atoms with Crippen molar-refractivity contribution in [2.24, 2.45) is 0 Å². The van der Waals surface area contributed by atoms with E-state index in [-0.39, 0.29) is 24.7 Å². The van der Waals surface area contributed by atoms with E-state index >= 15 is 0 Å². The van der Waals surface area contributed by atoms with Gasteiger partial charge in [-0.05, 0) is 25.0 Å². The minimum atomic E-state index is -0.865. The molecule has 8 heteroatoms. The SMILES string of the molecule is CCCOC(=O)Oc1c2cccc(Cl)c2c(OC(=O)OCCC)c2cccc(Cl)c12. The normalized spacial score (nSPS) is 10.8. The second kappa shape index (κ2) is 9.87. The summed E-state index contributed by atoms with van der Waals surface area (Å²) >= 11 is 12.9. The molecule has 0 radical (unpaired) electrons. The van der Waals surface area contributed by atoms with E-state index in [4.69, 9.17) is 42.1 Å². The molecule has 0 aromatic heterocycles. The van der Waals surface area contributed by atoms with Crippen LogP contribution < -0.4 is 9.47 Å². The van der Waals surface area contributed by atoms with Crippen LogP contribution in [0.5, 0.6) is 11.5 Å². The number of benzene rings is 3. The molecule has 0 aliphatic rings. The molecule has 0 amide bonds. The van der Waals surface area contributed by atoms with Gasteiger partial charge in [-0.1, -0.05) is 61.3 Å². The fraction of sp³-hybridized carbons (Fsp3) is 0.273. The van der Waals surface area contributed by atoms with E-state index in [1.165, 1.54) is 0 Å². The van der Waals surface area contributed by atoms with E-state index in [0.29, 0.717) is 44.4 Å². The number of halogens is 2. The molecule has 0 bridgehead atoms. The van der Waals surface area contributed by atoms with Gasteiger partial charge in [-0.2, -0.15) is 0 Å². The average molecular weight is 451 g/mol. The summed E-state index contributed by atoms with van der Waals surface area (Å²) in [5, 5.41) is 2.27. The third-order valence-corrected chi connectivity index (χ3v) is 4.82. The highest BCUT2D eigenvalue weighted by Gasteiger charge is 2.24. The molecule has 30 heavy (non-hydrogen) atoms. The minimum Gasteiger partial charge on any atom is -0.434 e. The van der Waals surface area contributed by atoms with Crippen molar-refractivity contribution in [3.63, 3.8) is 0 Å². The molecule has 3 aromatic rings. The summed E-state index contributed by atoms with van der Waals surface area (Å²) in [4.78, 5) is 24.4. The van der Waals surface area contributed by atoms with E-state index < -0.39 is 12.3 Å². The standard InChI is InChI=1S/C22H20Cl2O6/c1-3-11-27-21(25)29-19-13-7-5-10-16(24)18(13)20(30-22(26)28-12-4-2)14-8-6-9-15(23)17(14)19/h5-10H,3-4,11-12H2,1-2H3. The van der Waals surface area contributed by atoms with Crippen LogP contribution in [-0.2, 0) is 9.47 Å². The number of fused-ring (bicyclic) bond motifs is 2. The summed E-state index contributed by atoms with van der Waals surface area (Å²) in [5.41, 5.74) is 0. The predicted octanol–water partition coefficient (Wildman–Crippen LogP) is 7.15. The zero-order valence-corrected chi connectivity index (χ0v) is 18.0. The Morgan fingerprint density at radius 2 is 1.13 bits per heavy atom. The van der Waals surface area contributed by atoms with E-state index in [0.717, 1.165) is 0 Å². The Hall–Kier alpha value is -2.70. The Morgan fingerprint density at radius 3 is 1.50 bits per heavy atom. The predicted molar refractivity (Wildman–Crippen MR) is 116 cm³/mol. The van der Waals surface area contributed by atoms with Gasteiger partial charge in [0.05, 0.1) is 23.3 Å². The smallest absolute Gasteiger partial charge is 0.434 e. The highest BCUT2D eigenvalue weighted by atomic mass is 35.5. The fourth-order valence-corrected chi connectivity index (χ4v) is 3.49. The number of hydrogen-bond donors (Lipinski definition) is 0. The Morgan fingerprint density at radius 1 is 0.733 bits per heavy atom. The van der Waals surface area contributed by atoms with E-state index in [9.17, 15) is 9.59 Å². The molecule has 0 saturated heterocycles. The van der Waals surface area contributed by atoms with Crippen molar-refractivity contribution >= 4 is 57.1 Å². The van der Waals surface area contributed by atoms with Gasteiger partial charge in [0.1, 0.15) is 0 Å². The summed E-state index contributed by atoms with van der Waals surface area (Å²) < 4.78 is 21.2. The molecule has 0 atom stereocenters. The quantitative estimate of drug-likeness (QED) is 0.225. The monoisotopic (exact) mass is 450 g/mol. The van der Waals surface area contributed by atoms with E-state index in [1.54, 1.807) is 36.4 Å². The van der Waals surface area contributed by atoms with Crippen LogP contribution in [0.25, 0.3) is 21.5 Å². The maximum atomic E-state index is 12.2. The highest BCUT2D eigenvalue weighted by Crippen LogP contribution is 2.47. The molecular formula is C22H20Cl2O6. The highest BCUT2D eigenvalue weighted by molar-refractivity contribution is 6.40. The second-order valence-corrected chi connectivity index (χ2v) is 7.20. The van der Waals surface area contributed by atoms with Gasteiger partial charge in [-0.25, -0.2) is 9.59 Å². The minimum absolute atomic E-state index is 0.170. The first-order chi connectivity index (χ1) is 14.5. The lowest BCUT2D eigenvalue weighted by Gasteiger charge is -2.17. The van der Waals surface area contributed by atoms with Gasteiger partial charge in [0.2, 0.25) is 0 Å². The fourth-order valence-electron chi connectivity index (χ4n) is 2.97. The topological polar surface area (TPSA) is 71.1 Å². The number of ether oxygens (including phenoxy) is 4. The molecule has 3 rings (SSSR count). The van der Waals surface area contributed by atoms with Gasteiger partial charge in [0, 0.05) is 21.5 Å². The Kier molecular flexibility index (Phi) is 7.24. The molecule has 0 unspecified atom stereocenters. The second-order valence-electron chi connectivity index (χ2n) is 6.38. The number of carbonyl (C=O) groups excluding carboxylic acids is 2. The first kappa shape index (κ1) is 22.0. The van der Waals surface area contributed by atoms with Gasteiger partial charge in [0.25, 0.3) is 0 Å². The average Bonchev–Trinajstić information content (AvgIpc) is 2.73. The third-order valence-electron chi connectivity index (χ3n) is 4.19. The van der Waals surface area contributed by atoms with Crippen LogP contribution in [0.1, 0.15) is 26.7 Å². The van der Waals surface area contributed by atoms with E-state index in [1.807, 2.05) is 13.8 Å². The first-order valence-corrected chi connectivity index (χ1v) is 10.2. The zero-order chi connectivity index (χ0) is 21.7. The van der Waals surface area contributed by atoms with E-state index in [2.05, 4.69) is 0 Å². The van der Waals surface area contributed by atoms with Crippen LogP contribution in [0, 0.1) is 0 Å². The summed E-state index contributed by atoms with van der Waals surface area (Å²) in [7, 11) is 0. The van der Waals surface area contributed by atoms with Crippen LogP contribution in [0.2, 0.25) is 10.0 Å². The maximum absolute atomic E-state index is 12.2. The summed E-state index contributed by atoms with van der Waals surface area (Å²) in [6.07, 6.45) is -0.434. The molecule has 0 aliphatic heterocycles. The molecule has 0 heterocycles. The van der Waals surface area contributed by atoms with Crippen molar-refractivity contribution in [2.75, 3.05) is 13.2 Å². The van der Waals surface area contributed by atoms with Crippen molar-refractivity contribution in [3.8, 4) is 11.5 Å². The summed E-state index contributed by atoms with van der Waals surface area (Å²) in [6.45, 7) is 4.18. The molecule has 158 valence electrons. The van der Waals surface area contributed by atoms with Gasteiger partial charge in [-0.15, -0.1) is 0 Å². The van der Waals surface area contributed by atoms with Crippen molar-refractivity contribution in [1.82, 2.24) is 0 Å². The number of hydrogen-bond acceptors (Lipinski definition) is 6. The Balaban J connectivity index is 2.26. The van der Waals surface area contributed by atoms with Crippen molar-refractivity contribution in [1.29, 1.82) is 0 Å². The summed E-state index contributed by atoms with van der Waals surface area (Å²) in [6, 6.07) is 10.0. The molecule has 3 aromatic carbocycles. The van der Waals surface area contributed by atoms with Gasteiger partial charge in [-0.3, -0.25) is 0 Å². The molecule has 6 nitrogen and oxygen atoms in total. The first-order valence-electron chi connectivity index (χ1n) is 9.49. The zero-order valence-electron chi connectivity index (χ0n) is 16.5. The summed E-state index contributed by atoms with van der Waals surface area (Å²) in [5.74, 6) is 0.340. The number of carbonyl (C=O) groups is 2. The Labute approximate surface area is 183 Å². The molecule has 0 spiro atoms.